The molecule has 94 valence electrons. The molecule has 1 aromatic carbocycles. The van der Waals surface area contributed by atoms with Gasteiger partial charge >= 0.3 is 0 Å². The average molecular weight is 320 g/mol. The van der Waals surface area contributed by atoms with Crippen molar-refractivity contribution in [2.24, 2.45) is 0 Å². The maximum Gasteiger partial charge on any atom is 0.225 e. The molecule has 4 nitrogen and oxygen atoms in total. The standard InChI is InChI=1S/C11H14BrNO3S/c1-2-17(15,16)10-5-3-9(4-6-10)13-11(14)7-8-12/h3-6H,2,7-8H2,1H3,(H,13,14). The molecule has 17 heavy (non-hydrogen) atoms. The van der Waals surface area contributed by atoms with E-state index in [1.165, 1.54) is 12.1 Å². The fourth-order valence-corrected chi connectivity index (χ4v) is 2.47. The minimum absolute atomic E-state index is 0.0717. The fraction of sp³-hybridized carbons (Fsp3) is 0.364. The second-order valence-electron chi connectivity index (χ2n) is 3.41. The summed E-state index contributed by atoms with van der Waals surface area (Å²) >= 11 is 3.17. The van der Waals surface area contributed by atoms with Crippen LogP contribution in [0.5, 0.6) is 0 Å². The average Bonchev–Trinajstić information content (AvgIpc) is 2.30. The molecular formula is C11H14BrNO3S. The third-order valence-electron chi connectivity index (χ3n) is 2.20. The van der Waals surface area contributed by atoms with Gasteiger partial charge in [0.05, 0.1) is 10.6 Å². The monoisotopic (exact) mass is 319 g/mol. The lowest BCUT2D eigenvalue weighted by atomic mass is 10.3. The third-order valence-corrected chi connectivity index (χ3v) is 4.35. The van der Waals surface area contributed by atoms with Crippen LogP contribution in [0.4, 0.5) is 5.69 Å². The lowest BCUT2D eigenvalue weighted by molar-refractivity contribution is -0.115. The first-order chi connectivity index (χ1) is 7.99. The largest absolute Gasteiger partial charge is 0.326 e. The summed E-state index contributed by atoms with van der Waals surface area (Å²) in [5.41, 5.74) is 0.603. The highest BCUT2D eigenvalue weighted by atomic mass is 79.9. The predicted octanol–water partition coefficient (Wildman–Crippen LogP) is 2.20. The molecule has 0 unspecified atom stereocenters. The van der Waals surface area contributed by atoms with E-state index in [2.05, 4.69) is 21.2 Å². The maximum atomic E-state index is 11.5. The van der Waals surface area contributed by atoms with Crippen molar-refractivity contribution >= 4 is 37.4 Å². The van der Waals surface area contributed by atoms with E-state index in [4.69, 9.17) is 0 Å². The van der Waals surface area contributed by atoms with Crippen molar-refractivity contribution in [3.63, 3.8) is 0 Å². The highest BCUT2D eigenvalue weighted by Gasteiger charge is 2.11. The SMILES string of the molecule is CCS(=O)(=O)c1ccc(NC(=O)CCBr)cc1. The van der Waals surface area contributed by atoms with Gasteiger partial charge in [-0.3, -0.25) is 4.79 Å². The van der Waals surface area contributed by atoms with E-state index in [9.17, 15) is 13.2 Å². The molecule has 1 aromatic rings. The number of carbonyl (C=O) groups is 1. The van der Waals surface area contributed by atoms with Crippen LogP contribution in [0.1, 0.15) is 13.3 Å². The van der Waals surface area contributed by atoms with Crippen molar-refractivity contribution in [2.75, 3.05) is 16.4 Å². The molecule has 0 spiro atoms. The van der Waals surface area contributed by atoms with Crippen molar-refractivity contribution in [1.82, 2.24) is 0 Å². The van der Waals surface area contributed by atoms with Crippen molar-refractivity contribution < 1.29 is 13.2 Å². The number of hydrogen-bond donors (Lipinski definition) is 1. The molecule has 6 heteroatoms. The fourth-order valence-electron chi connectivity index (χ4n) is 1.22. The van der Waals surface area contributed by atoms with Crippen LogP contribution in [0.3, 0.4) is 0 Å². The van der Waals surface area contributed by atoms with E-state index in [1.807, 2.05) is 0 Å². The lowest BCUT2D eigenvalue weighted by Gasteiger charge is -2.05. The van der Waals surface area contributed by atoms with Gasteiger partial charge in [0.2, 0.25) is 5.91 Å². The van der Waals surface area contributed by atoms with Gasteiger partial charge in [-0.1, -0.05) is 22.9 Å². The number of hydrogen-bond acceptors (Lipinski definition) is 3. The van der Waals surface area contributed by atoms with Crippen LogP contribution >= 0.6 is 15.9 Å². The second kappa shape index (κ2) is 6.16. The molecule has 0 radical (unpaired) electrons. The first-order valence-corrected chi connectivity index (χ1v) is 7.95. The Labute approximate surface area is 109 Å². The Morgan fingerprint density at radius 3 is 2.35 bits per heavy atom. The zero-order valence-corrected chi connectivity index (χ0v) is 11.8. The van der Waals surface area contributed by atoms with Crippen LogP contribution in [-0.4, -0.2) is 25.4 Å². The Balaban J connectivity index is 2.79. The Morgan fingerprint density at radius 2 is 1.88 bits per heavy atom. The smallest absolute Gasteiger partial charge is 0.225 e. The highest BCUT2D eigenvalue weighted by Crippen LogP contribution is 2.15. The number of halogens is 1. The molecule has 0 aliphatic rings. The van der Waals surface area contributed by atoms with Gasteiger partial charge in [0.15, 0.2) is 9.84 Å². The van der Waals surface area contributed by atoms with Crippen LogP contribution < -0.4 is 5.32 Å². The summed E-state index contributed by atoms with van der Waals surface area (Å²) < 4.78 is 23.1. The summed E-state index contributed by atoms with van der Waals surface area (Å²) in [4.78, 5) is 11.6. The van der Waals surface area contributed by atoms with Crippen molar-refractivity contribution in [2.45, 2.75) is 18.2 Å². The van der Waals surface area contributed by atoms with Gasteiger partial charge in [0, 0.05) is 17.4 Å². The molecule has 0 atom stereocenters. The Morgan fingerprint density at radius 1 is 1.29 bits per heavy atom. The first-order valence-electron chi connectivity index (χ1n) is 5.18. The Bertz CT molecular complexity index is 482. The summed E-state index contributed by atoms with van der Waals surface area (Å²) in [6.07, 6.45) is 0.384. The summed E-state index contributed by atoms with van der Waals surface area (Å²) in [6, 6.07) is 6.19. The second-order valence-corrected chi connectivity index (χ2v) is 6.49. The van der Waals surface area contributed by atoms with Crippen LogP contribution in [0, 0.1) is 0 Å². The molecule has 0 fully saturated rings. The van der Waals surface area contributed by atoms with Crippen LogP contribution in [-0.2, 0) is 14.6 Å². The molecule has 0 saturated heterocycles. The number of rotatable bonds is 5. The van der Waals surface area contributed by atoms with Gasteiger partial charge in [-0.2, -0.15) is 0 Å². The summed E-state index contributed by atoms with van der Waals surface area (Å²) in [7, 11) is -3.17. The van der Waals surface area contributed by atoms with Crippen LogP contribution in [0.25, 0.3) is 0 Å². The summed E-state index contributed by atoms with van der Waals surface area (Å²) in [6.45, 7) is 1.60. The third kappa shape index (κ3) is 4.12. The normalized spacial score (nSPS) is 11.2. The summed E-state index contributed by atoms with van der Waals surface area (Å²) in [5.74, 6) is -0.0320. The maximum absolute atomic E-state index is 11.5. The highest BCUT2D eigenvalue weighted by molar-refractivity contribution is 9.09. The zero-order valence-electron chi connectivity index (χ0n) is 9.44. The number of carbonyl (C=O) groups excluding carboxylic acids is 1. The van der Waals surface area contributed by atoms with E-state index in [0.29, 0.717) is 17.4 Å². The number of anilines is 1. The van der Waals surface area contributed by atoms with E-state index >= 15 is 0 Å². The molecule has 0 bridgehead atoms. The first kappa shape index (κ1) is 14.2. The summed E-state index contributed by atoms with van der Waals surface area (Å²) in [5, 5.41) is 3.27. The van der Waals surface area contributed by atoms with E-state index in [1.54, 1.807) is 19.1 Å². The van der Waals surface area contributed by atoms with E-state index in [-0.39, 0.29) is 16.6 Å². The number of benzene rings is 1. The molecule has 0 saturated carbocycles. The van der Waals surface area contributed by atoms with Gasteiger partial charge in [0.25, 0.3) is 0 Å². The molecule has 0 aliphatic carbocycles. The predicted molar refractivity (Wildman–Crippen MR) is 71.2 cm³/mol. The van der Waals surface area contributed by atoms with E-state index < -0.39 is 9.84 Å². The minimum atomic E-state index is -3.17. The van der Waals surface area contributed by atoms with Crippen molar-refractivity contribution in [3.8, 4) is 0 Å². The number of amides is 1. The van der Waals surface area contributed by atoms with Gasteiger partial charge < -0.3 is 5.32 Å². The van der Waals surface area contributed by atoms with Crippen LogP contribution in [0.15, 0.2) is 29.2 Å². The van der Waals surface area contributed by atoms with E-state index in [0.717, 1.165) is 0 Å². The Kier molecular flexibility index (Phi) is 5.14. The van der Waals surface area contributed by atoms with Crippen molar-refractivity contribution in [3.05, 3.63) is 24.3 Å². The Hall–Kier alpha value is -0.880. The van der Waals surface area contributed by atoms with Gasteiger partial charge in [-0.25, -0.2) is 8.42 Å². The number of sulfone groups is 1. The quantitative estimate of drug-likeness (QED) is 0.846. The molecule has 1 rings (SSSR count). The van der Waals surface area contributed by atoms with Crippen molar-refractivity contribution in [1.29, 1.82) is 0 Å². The molecule has 1 N–H and O–H groups in total. The van der Waals surface area contributed by atoms with Gasteiger partial charge in [0.1, 0.15) is 0 Å². The zero-order chi connectivity index (χ0) is 12.9. The molecule has 1 amide bonds. The van der Waals surface area contributed by atoms with Gasteiger partial charge in [-0.05, 0) is 24.3 Å². The van der Waals surface area contributed by atoms with Crippen LogP contribution in [0.2, 0.25) is 0 Å². The number of alkyl halides is 1. The molecular weight excluding hydrogens is 306 g/mol. The molecule has 0 aliphatic heterocycles. The number of nitrogens with one attached hydrogen (secondary N) is 1. The molecule has 0 heterocycles. The molecule has 0 aromatic heterocycles. The topological polar surface area (TPSA) is 63.2 Å². The minimum Gasteiger partial charge on any atom is -0.326 e. The lowest BCUT2D eigenvalue weighted by Crippen LogP contribution is -2.11. The van der Waals surface area contributed by atoms with Gasteiger partial charge in [-0.15, -0.1) is 0 Å².